The van der Waals surface area contributed by atoms with Crippen molar-refractivity contribution in [2.24, 2.45) is 5.92 Å². The number of rotatable bonds is 3. The van der Waals surface area contributed by atoms with Crippen LogP contribution in [0.1, 0.15) is 32.6 Å². The average molecular weight is 226 g/mol. The van der Waals surface area contributed by atoms with Crippen molar-refractivity contribution in [2.75, 3.05) is 6.54 Å². The van der Waals surface area contributed by atoms with Crippen molar-refractivity contribution in [1.82, 2.24) is 10.6 Å². The minimum absolute atomic E-state index is 0.0863. The quantitative estimate of drug-likeness (QED) is 0.638. The molecule has 0 spiro atoms. The van der Waals surface area contributed by atoms with E-state index in [0.717, 1.165) is 19.4 Å². The number of amides is 1. The van der Waals surface area contributed by atoms with Crippen LogP contribution < -0.4 is 10.6 Å². The molecule has 1 amide bonds. The number of aliphatic carboxylic acids is 1. The number of hydrogen-bond donors (Lipinski definition) is 3. The second-order valence-electron chi connectivity index (χ2n) is 4.87. The molecular weight excluding hydrogens is 208 g/mol. The van der Waals surface area contributed by atoms with Gasteiger partial charge in [0.2, 0.25) is 5.91 Å². The maximum Gasteiger partial charge on any atom is 0.329 e. The lowest BCUT2D eigenvalue weighted by Gasteiger charge is -2.39. The monoisotopic (exact) mass is 226 g/mol. The van der Waals surface area contributed by atoms with E-state index in [4.69, 9.17) is 5.11 Å². The van der Waals surface area contributed by atoms with Gasteiger partial charge in [0.25, 0.3) is 0 Å². The van der Waals surface area contributed by atoms with Crippen LogP contribution in [0.15, 0.2) is 0 Å². The number of carbonyl (C=O) groups excluding carboxylic acids is 1. The van der Waals surface area contributed by atoms with Crippen LogP contribution in [0.4, 0.5) is 0 Å². The van der Waals surface area contributed by atoms with E-state index in [2.05, 4.69) is 10.6 Å². The zero-order chi connectivity index (χ0) is 11.8. The van der Waals surface area contributed by atoms with Crippen molar-refractivity contribution in [2.45, 2.75) is 44.2 Å². The standard InChI is InChI=1S/C11H18N2O3/c1-7-8(3-6-12-7)9(14)13-11(10(15)16)4-2-5-11/h7-8,12H,2-6H2,1H3,(H,13,14)(H,15,16). The van der Waals surface area contributed by atoms with Gasteiger partial charge in [-0.1, -0.05) is 0 Å². The topological polar surface area (TPSA) is 78.4 Å². The molecule has 3 N–H and O–H groups in total. The van der Waals surface area contributed by atoms with Crippen molar-refractivity contribution < 1.29 is 14.7 Å². The first-order valence-corrected chi connectivity index (χ1v) is 5.84. The van der Waals surface area contributed by atoms with Gasteiger partial charge in [0.15, 0.2) is 0 Å². The number of carbonyl (C=O) groups is 2. The smallest absolute Gasteiger partial charge is 0.329 e. The molecule has 2 unspecified atom stereocenters. The molecule has 1 aliphatic carbocycles. The Morgan fingerprint density at radius 3 is 2.50 bits per heavy atom. The van der Waals surface area contributed by atoms with Gasteiger partial charge >= 0.3 is 5.97 Å². The molecule has 1 heterocycles. The van der Waals surface area contributed by atoms with Gasteiger partial charge in [0.1, 0.15) is 5.54 Å². The minimum atomic E-state index is -0.973. The first-order valence-electron chi connectivity index (χ1n) is 5.84. The Labute approximate surface area is 94.6 Å². The van der Waals surface area contributed by atoms with E-state index in [9.17, 15) is 9.59 Å². The second-order valence-corrected chi connectivity index (χ2v) is 4.87. The molecule has 2 aliphatic rings. The zero-order valence-electron chi connectivity index (χ0n) is 9.45. The molecule has 1 saturated carbocycles. The Hall–Kier alpha value is -1.10. The van der Waals surface area contributed by atoms with Crippen LogP contribution >= 0.6 is 0 Å². The third-order valence-electron chi connectivity index (χ3n) is 3.84. The first kappa shape index (κ1) is 11.4. The molecule has 0 aromatic heterocycles. The van der Waals surface area contributed by atoms with Gasteiger partial charge < -0.3 is 15.7 Å². The highest BCUT2D eigenvalue weighted by Gasteiger charge is 2.47. The Kier molecular flexibility index (Phi) is 2.88. The summed E-state index contributed by atoms with van der Waals surface area (Å²) < 4.78 is 0. The third kappa shape index (κ3) is 1.80. The van der Waals surface area contributed by atoms with Gasteiger partial charge in [-0.05, 0) is 39.2 Å². The molecular formula is C11H18N2O3. The van der Waals surface area contributed by atoms with Gasteiger partial charge in [-0.25, -0.2) is 4.79 Å². The van der Waals surface area contributed by atoms with Gasteiger partial charge in [0, 0.05) is 6.04 Å². The zero-order valence-corrected chi connectivity index (χ0v) is 9.45. The number of carboxylic acid groups (broad SMARTS) is 1. The molecule has 0 aromatic carbocycles. The van der Waals surface area contributed by atoms with Crippen LogP contribution in [0.25, 0.3) is 0 Å². The molecule has 1 saturated heterocycles. The lowest BCUT2D eigenvalue weighted by Crippen LogP contribution is -2.60. The lowest BCUT2D eigenvalue weighted by atomic mass is 9.76. The molecule has 16 heavy (non-hydrogen) atoms. The Morgan fingerprint density at radius 1 is 1.44 bits per heavy atom. The summed E-state index contributed by atoms with van der Waals surface area (Å²) in [6.07, 6.45) is 2.79. The van der Waals surface area contributed by atoms with E-state index in [1.165, 1.54) is 0 Å². The summed E-state index contributed by atoms with van der Waals surface area (Å²) in [5.74, 6) is -1.10. The van der Waals surface area contributed by atoms with Crippen molar-refractivity contribution in [3.63, 3.8) is 0 Å². The normalized spacial score (nSPS) is 31.8. The Morgan fingerprint density at radius 2 is 2.12 bits per heavy atom. The third-order valence-corrected chi connectivity index (χ3v) is 3.84. The maximum absolute atomic E-state index is 12.0. The van der Waals surface area contributed by atoms with E-state index in [-0.39, 0.29) is 17.9 Å². The SMILES string of the molecule is CC1NCCC1C(=O)NC1(C(=O)O)CCC1. The van der Waals surface area contributed by atoms with Crippen molar-refractivity contribution in [1.29, 1.82) is 0 Å². The number of carboxylic acids is 1. The molecule has 2 fully saturated rings. The lowest BCUT2D eigenvalue weighted by molar-refractivity contribution is -0.152. The summed E-state index contributed by atoms with van der Waals surface area (Å²) in [6.45, 7) is 2.80. The van der Waals surface area contributed by atoms with Crippen LogP contribution in [0.2, 0.25) is 0 Å². The molecule has 5 heteroatoms. The molecule has 1 aliphatic heterocycles. The van der Waals surface area contributed by atoms with Gasteiger partial charge in [-0.2, -0.15) is 0 Å². The number of nitrogens with one attached hydrogen (secondary N) is 2. The highest BCUT2D eigenvalue weighted by atomic mass is 16.4. The molecule has 0 aromatic rings. The van der Waals surface area contributed by atoms with Crippen LogP contribution in [-0.4, -0.2) is 35.1 Å². The van der Waals surface area contributed by atoms with Crippen molar-refractivity contribution >= 4 is 11.9 Å². The van der Waals surface area contributed by atoms with E-state index in [0.29, 0.717) is 12.8 Å². The summed E-state index contributed by atoms with van der Waals surface area (Å²) in [7, 11) is 0. The average Bonchev–Trinajstić information content (AvgIpc) is 2.57. The molecule has 90 valence electrons. The number of hydrogen-bond acceptors (Lipinski definition) is 3. The largest absolute Gasteiger partial charge is 0.480 e. The molecule has 0 radical (unpaired) electrons. The van der Waals surface area contributed by atoms with Gasteiger partial charge in [0.05, 0.1) is 5.92 Å². The fourth-order valence-corrected chi connectivity index (χ4v) is 2.47. The van der Waals surface area contributed by atoms with Gasteiger partial charge in [-0.3, -0.25) is 4.79 Å². The fraction of sp³-hybridized carbons (Fsp3) is 0.818. The molecule has 5 nitrogen and oxygen atoms in total. The minimum Gasteiger partial charge on any atom is -0.480 e. The van der Waals surface area contributed by atoms with E-state index >= 15 is 0 Å². The highest BCUT2D eigenvalue weighted by Crippen LogP contribution is 2.32. The maximum atomic E-state index is 12.0. The Bertz CT molecular complexity index is 312. The summed E-state index contributed by atoms with van der Waals surface area (Å²) >= 11 is 0. The predicted octanol–water partition coefficient (Wildman–Crippen LogP) is 0.108. The van der Waals surface area contributed by atoms with E-state index in [1.807, 2.05) is 6.92 Å². The fourth-order valence-electron chi connectivity index (χ4n) is 2.47. The van der Waals surface area contributed by atoms with Gasteiger partial charge in [-0.15, -0.1) is 0 Å². The Balaban J connectivity index is 1.98. The summed E-state index contributed by atoms with van der Waals surface area (Å²) in [6, 6.07) is 0.144. The molecule has 0 bridgehead atoms. The molecule has 2 atom stereocenters. The van der Waals surface area contributed by atoms with Crippen LogP contribution in [0, 0.1) is 5.92 Å². The van der Waals surface area contributed by atoms with Crippen molar-refractivity contribution in [3.8, 4) is 0 Å². The summed E-state index contributed by atoms with van der Waals surface area (Å²) in [5.41, 5.74) is -0.973. The molecule has 2 rings (SSSR count). The summed E-state index contributed by atoms with van der Waals surface area (Å²) in [4.78, 5) is 23.1. The highest BCUT2D eigenvalue weighted by molar-refractivity contribution is 5.89. The first-order chi connectivity index (χ1) is 7.55. The summed E-state index contributed by atoms with van der Waals surface area (Å²) in [5, 5.41) is 15.0. The van der Waals surface area contributed by atoms with Crippen LogP contribution in [0.5, 0.6) is 0 Å². The van der Waals surface area contributed by atoms with Crippen molar-refractivity contribution in [3.05, 3.63) is 0 Å². The van der Waals surface area contributed by atoms with Crippen LogP contribution in [-0.2, 0) is 9.59 Å². The second kappa shape index (κ2) is 4.05. The van der Waals surface area contributed by atoms with Crippen LogP contribution in [0.3, 0.4) is 0 Å². The predicted molar refractivity (Wildman–Crippen MR) is 57.9 cm³/mol. The van der Waals surface area contributed by atoms with E-state index < -0.39 is 11.5 Å². The van der Waals surface area contributed by atoms with E-state index in [1.54, 1.807) is 0 Å².